The SMILES string of the molecule is OCC1(CNCc2cnc(-c3ccsc3)s2)COC1. The number of hydrogen-bond acceptors (Lipinski definition) is 6. The van der Waals surface area contributed by atoms with Gasteiger partial charge in [0.05, 0.1) is 25.2 Å². The maximum atomic E-state index is 9.33. The Morgan fingerprint density at radius 2 is 2.37 bits per heavy atom. The van der Waals surface area contributed by atoms with E-state index < -0.39 is 0 Å². The lowest BCUT2D eigenvalue weighted by molar-refractivity contribution is -0.134. The molecule has 0 amide bonds. The van der Waals surface area contributed by atoms with Crippen molar-refractivity contribution in [2.45, 2.75) is 6.54 Å². The molecule has 0 aliphatic carbocycles. The molecule has 4 nitrogen and oxygen atoms in total. The molecule has 1 fully saturated rings. The molecule has 3 heterocycles. The highest BCUT2D eigenvalue weighted by Gasteiger charge is 2.37. The quantitative estimate of drug-likeness (QED) is 0.856. The van der Waals surface area contributed by atoms with Crippen LogP contribution in [0, 0.1) is 5.41 Å². The normalized spacial score (nSPS) is 17.3. The average Bonchev–Trinajstić information content (AvgIpc) is 3.02. The van der Waals surface area contributed by atoms with Gasteiger partial charge in [0.25, 0.3) is 0 Å². The Morgan fingerprint density at radius 1 is 1.47 bits per heavy atom. The Kier molecular flexibility index (Phi) is 3.95. The fourth-order valence-electron chi connectivity index (χ4n) is 2.00. The van der Waals surface area contributed by atoms with Gasteiger partial charge in [-0.2, -0.15) is 11.3 Å². The molecule has 6 heteroatoms. The molecule has 0 bridgehead atoms. The van der Waals surface area contributed by atoms with Crippen molar-refractivity contribution < 1.29 is 9.84 Å². The van der Waals surface area contributed by atoms with E-state index in [1.165, 1.54) is 10.4 Å². The molecule has 0 atom stereocenters. The summed E-state index contributed by atoms with van der Waals surface area (Å²) in [6.45, 7) is 3.07. The summed E-state index contributed by atoms with van der Waals surface area (Å²) in [7, 11) is 0. The van der Waals surface area contributed by atoms with Gasteiger partial charge in [0.15, 0.2) is 0 Å². The molecule has 0 unspecified atom stereocenters. The second-order valence-corrected chi connectivity index (χ2v) is 6.79. The lowest BCUT2D eigenvalue weighted by Gasteiger charge is -2.39. The summed E-state index contributed by atoms with van der Waals surface area (Å²) in [5.74, 6) is 0. The van der Waals surface area contributed by atoms with Crippen molar-refractivity contribution in [1.29, 1.82) is 0 Å². The van der Waals surface area contributed by atoms with E-state index in [2.05, 4.69) is 27.1 Å². The smallest absolute Gasteiger partial charge is 0.124 e. The van der Waals surface area contributed by atoms with E-state index >= 15 is 0 Å². The minimum atomic E-state index is -0.0686. The highest BCUT2D eigenvalue weighted by Crippen LogP contribution is 2.28. The van der Waals surface area contributed by atoms with E-state index in [1.54, 1.807) is 22.7 Å². The highest BCUT2D eigenvalue weighted by molar-refractivity contribution is 7.15. The molecule has 102 valence electrons. The number of nitrogens with zero attached hydrogens (tertiary/aromatic N) is 1. The number of aromatic nitrogens is 1. The fourth-order valence-corrected chi connectivity index (χ4v) is 3.59. The molecule has 0 radical (unpaired) electrons. The summed E-state index contributed by atoms with van der Waals surface area (Å²) < 4.78 is 5.18. The van der Waals surface area contributed by atoms with Crippen molar-refractivity contribution in [3.63, 3.8) is 0 Å². The van der Waals surface area contributed by atoms with Crippen LogP contribution in [0.5, 0.6) is 0 Å². The summed E-state index contributed by atoms with van der Waals surface area (Å²) in [6.07, 6.45) is 1.92. The van der Waals surface area contributed by atoms with E-state index in [0.717, 1.165) is 18.1 Å². The molecular weight excluding hydrogens is 280 g/mol. The molecule has 0 saturated carbocycles. The van der Waals surface area contributed by atoms with Crippen LogP contribution in [0.2, 0.25) is 0 Å². The maximum Gasteiger partial charge on any atom is 0.124 e. The van der Waals surface area contributed by atoms with Crippen molar-refractivity contribution >= 4 is 22.7 Å². The van der Waals surface area contributed by atoms with Gasteiger partial charge in [-0.15, -0.1) is 11.3 Å². The molecule has 1 aliphatic rings. The van der Waals surface area contributed by atoms with Gasteiger partial charge in [0.2, 0.25) is 0 Å². The first-order valence-corrected chi connectivity index (χ1v) is 7.94. The van der Waals surface area contributed by atoms with Gasteiger partial charge < -0.3 is 15.2 Å². The Hall–Kier alpha value is -0.790. The van der Waals surface area contributed by atoms with Gasteiger partial charge in [-0.3, -0.25) is 0 Å². The van der Waals surface area contributed by atoms with E-state index in [9.17, 15) is 5.11 Å². The minimum Gasteiger partial charge on any atom is -0.396 e. The summed E-state index contributed by atoms with van der Waals surface area (Å²) >= 11 is 3.40. The van der Waals surface area contributed by atoms with Gasteiger partial charge in [0, 0.05) is 35.1 Å². The second-order valence-electron chi connectivity index (χ2n) is 4.90. The number of rotatable bonds is 6. The average molecular weight is 296 g/mol. The topological polar surface area (TPSA) is 54.4 Å². The van der Waals surface area contributed by atoms with E-state index in [4.69, 9.17) is 4.74 Å². The zero-order chi connectivity index (χ0) is 13.1. The van der Waals surface area contributed by atoms with Gasteiger partial charge >= 0.3 is 0 Å². The fraction of sp³-hybridized carbons (Fsp3) is 0.462. The summed E-state index contributed by atoms with van der Waals surface area (Å²) in [5, 5.41) is 18.0. The van der Waals surface area contributed by atoms with Crippen molar-refractivity contribution in [2.75, 3.05) is 26.4 Å². The van der Waals surface area contributed by atoms with Crippen LogP contribution in [0.1, 0.15) is 4.88 Å². The molecular formula is C13H16N2O2S2. The zero-order valence-corrected chi connectivity index (χ0v) is 12.1. The standard InChI is InChI=1S/C13H16N2O2S2/c16-7-13(8-17-9-13)6-14-3-11-4-15-12(19-11)10-1-2-18-5-10/h1-2,4-5,14,16H,3,6-9H2. The first kappa shape index (κ1) is 13.2. The Bertz CT molecular complexity index is 515. The number of aliphatic hydroxyl groups excluding tert-OH is 1. The van der Waals surface area contributed by atoms with Crippen molar-refractivity contribution in [3.8, 4) is 10.6 Å². The number of thiophene rings is 1. The molecule has 0 spiro atoms. The van der Waals surface area contributed by atoms with Crippen LogP contribution in [0.15, 0.2) is 23.0 Å². The molecule has 2 aromatic rings. The van der Waals surface area contributed by atoms with Crippen LogP contribution in [0.4, 0.5) is 0 Å². The van der Waals surface area contributed by atoms with Gasteiger partial charge in [-0.25, -0.2) is 4.98 Å². The van der Waals surface area contributed by atoms with E-state index in [0.29, 0.717) is 13.2 Å². The maximum absolute atomic E-state index is 9.33. The highest BCUT2D eigenvalue weighted by atomic mass is 32.1. The number of thiazole rings is 1. The summed E-state index contributed by atoms with van der Waals surface area (Å²) in [4.78, 5) is 5.66. The van der Waals surface area contributed by atoms with Crippen molar-refractivity contribution in [3.05, 3.63) is 27.9 Å². The number of hydrogen-bond donors (Lipinski definition) is 2. The minimum absolute atomic E-state index is 0.0686. The van der Waals surface area contributed by atoms with Crippen LogP contribution >= 0.6 is 22.7 Å². The first-order chi connectivity index (χ1) is 9.31. The molecule has 1 saturated heterocycles. The lowest BCUT2D eigenvalue weighted by atomic mass is 9.87. The third-order valence-electron chi connectivity index (χ3n) is 3.27. The number of aliphatic hydroxyl groups is 1. The van der Waals surface area contributed by atoms with E-state index in [1.807, 2.05) is 6.20 Å². The van der Waals surface area contributed by atoms with Crippen LogP contribution in [-0.2, 0) is 11.3 Å². The predicted molar refractivity (Wildman–Crippen MR) is 77.5 cm³/mol. The number of nitrogens with one attached hydrogen (secondary N) is 1. The predicted octanol–water partition coefficient (Wildman–Crippen LogP) is 1.97. The summed E-state index contributed by atoms with van der Waals surface area (Å²) in [5.41, 5.74) is 1.13. The second kappa shape index (κ2) is 5.68. The van der Waals surface area contributed by atoms with Crippen LogP contribution in [-0.4, -0.2) is 36.5 Å². The van der Waals surface area contributed by atoms with E-state index in [-0.39, 0.29) is 12.0 Å². The molecule has 2 aromatic heterocycles. The Labute approximate surface area is 120 Å². The monoisotopic (exact) mass is 296 g/mol. The van der Waals surface area contributed by atoms with Crippen LogP contribution in [0.25, 0.3) is 10.6 Å². The van der Waals surface area contributed by atoms with Crippen molar-refractivity contribution in [1.82, 2.24) is 10.3 Å². The lowest BCUT2D eigenvalue weighted by Crippen LogP contribution is -2.52. The largest absolute Gasteiger partial charge is 0.396 e. The Morgan fingerprint density at radius 3 is 3.00 bits per heavy atom. The van der Waals surface area contributed by atoms with Crippen molar-refractivity contribution in [2.24, 2.45) is 5.41 Å². The van der Waals surface area contributed by atoms with Gasteiger partial charge in [-0.1, -0.05) is 0 Å². The molecule has 0 aromatic carbocycles. The van der Waals surface area contributed by atoms with Crippen LogP contribution in [0.3, 0.4) is 0 Å². The molecule has 2 N–H and O–H groups in total. The third kappa shape index (κ3) is 2.88. The summed E-state index contributed by atoms with van der Waals surface area (Å²) in [6, 6.07) is 2.09. The Balaban J connectivity index is 1.53. The first-order valence-electron chi connectivity index (χ1n) is 6.18. The zero-order valence-electron chi connectivity index (χ0n) is 10.5. The molecule has 19 heavy (non-hydrogen) atoms. The molecule has 1 aliphatic heterocycles. The molecule has 3 rings (SSSR count). The van der Waals surface area contributed by atoms with Gasteiger partial charge in [-0.05, 0) is 11.4 Å². The number of ether oxygens (including phenoxy) is 1. The van der Waals surface area contributed by atoms with Gasteiger partial charge in [0.1, 0.15) is 5.01 Å². The van der Waals surface area contributed by atoms with Crippen LogP contribution < -0.4 is 5.32 Å². The third-order valence-corrected chi connectivity index (χ3v) is 5.00.